The fraction of sp³-hybridized carbons (Fsp3) is 0.400. The smallest absolute Gasteiger partial charge is 0.0991 e. The molecule has 0 aromatic carbocycles. The molecule has 0 aliphatic rings. The van der Waals surface area contributed by atoms with Crippen LogP contribution in [-0.2, 0) is 0 Å². The summed E-state index contributed by atoms with van der Waals surface area (Å²) < 4.78 is 2.01. The van der Waals surface area contributed by atoms with Gasteiger partial charge in [-0.2, -0.15) is 0 Å². The molecule has 0 spiro atoms. The third-order valence-electron chi connectivity index (χ3n) is 2.29. The first-order valence-electron chi connectivity index (χ1n) is 6.18. The molecule has 0 unspecified atom stereocenters. The highest BCUT2D eigenvalue weighted by Crippen LogP contribution is 2.23. The van der Waals surface area contributed by atoms with Crippen LogP contribution in [0.3, 0.4) is 0 Å². The number of aromatic nitrogens is 2. The Bertz CT molecular complexity index is 368. The van der Waals surface area contributed by atoms with Crippen LogP contribution in [0.25, 0.3) is 5.70 Å². The highest BCUT2D eigenvalue weighted by Gasteiger charge is 2.09. The topological polar surface area (TPSA) is 17.8 Å². The molecule has 1 rings (SSSR count). The summed E-state index contributed by atoms with van der Waals surface area (Å²) in [5.41, 5.74) is 2.44. The van der Waals surface area contributed by atoms with Crippen LogP contribution in [-0.4, -0.2) is 9.55 Å². The van der Waals surface area contributed by atoms with Crippen LogP contribution in [0.15, 0.2) is 49.1 Å². The first kappa shape index (κ1) is 15.4. The van der Waals surface area contributed by atoms with Crippen LogP contribution in [0, 0.1) is 5.92 Å². The molecule has 1 aromatic heterocycles. The number of imidazole rings is 1. The molecular weight excluding hydrogens is 208 g/mol. The minimum Gasteiger partial charge on any atom is -0.306 e. The molecule has 0 aliphatic carbocycles. The Balaban J connectivity index is 0.00000121. The van der Waals surface area contributed by atoms with Crippen molar-refractivity contribution in [2.24, 2.45) is 5.92 Å². The van der Waals surface area contributed by atoms with E-state index in [1.165, 1.54) is 5.57 Å². The number of rotatable bonds is 4. The van der Waals surface area contributed by atoms with Crippen LogP contribution < -0.4 is 0 Å². The molecule has 0 aliphatic heterocycles. The van der Waals surface area contributed by atoms with E-state index in [1.54, 1.807) is 18.6 Å². The second-order valence-corrected chi connectivity index (χ2v) is 3.66. The molecule has 0 radical (unpaired) electrons. The quantitative estimate of drug-likeness (QED) is 0.697. The Kier molecular flexibility index (Phi) is 7.78. The molecule has 0 fully saturated rings. The third-order valence-corrected chi connectivity index (χ3v) is 2.29. The molecule has 2 heteroatoms. The zero-order valence-electron chi connectivity index (χ0n) is 11.6. The maximum atomic E-state index is 4.06. The summed E-state index contributed by atoms with van der Waals surface area (Å²) in [5, 5.41) is 0. The summed E-state index contributed by atoms with van der Waals surface area (Å²) in [7, 11) is 0. The van der Waals surface area contributed by atoms with Gasteiger partial charge in [-0.3, -0.25) is 0 Å². The first-order chi connectivity index (χ1) is 8.20. The minimum absolute atomic E-state index is 0.489. The second-order valence-electron chi connectivity index (χ2n) is 3.66. The van der Waals surface area contributed by atoms with Crippen LogP contribution in [0.1, 0.15) is 34.6 Å². The average molecular weight is 232 g/mol. The van der Waals surface area contributed by atoms with Crippen molar-refractivity contribution >= 4 is 5.70 Å². The van der Waals surface area contributed by atoms with Crippen LogP contribution in [0.2, 0.25) is 0 Å². The van der Waals surface area contributed by atoms with Crippen LogP contribution in [0.5, 0.6) is 0 Å². The lowest BCUT2D eigenvalue weighted by atomic mass is 9.99. The van der Waals surface area contributed by atoms with Crippen molar-refractivity contribution in [2.75, 3.05) is 0 Å². The van der Waals surface area contributed by atoms with Gasteiger partial charge in [0.2, 0.25) is 0 Å². The zero-order chi connectivity index (χ0) is 13.3. The van der Waals surface area contributed by atoms with Crippen LogP contribution >= 0.6 is 0 Å². The molecule has 0 saturated carbocycles. The summed E-state index contributed by atoms with van der Waals surface area (Å²) in [5.74, 6) is 0.489. The van der Waals surface area contributed by atoms with Gasteiger partial charge >= 0.3 is 0 Å². The van der Waals surface area contributed by atoms with Crippen molar-refractivity contribution in [3.8, 4) is 0 Å². The lowest BCUT2D eigenvalue weighted by Gasteiger charge is -2.15. The molecule has 94 valence electrons. The predicted molar refractivity (Wildman–Crippen MR) is 76.6 cm³/mol. The van der Waals surface area contributed by atoms with Gasteiger partial charge < -0.3 is 4.57 Å². The average Bonchev–Trinajstić information content (AvgIpc) is 2.84. The van der Waals surface area contributed by atoms with Crippen molar-refractivity contribution in [3.63, 3.8) is 0 Å². The van der Waals surface area contributed by atoms with E-state index in [0.29, 0.717) is 5.92 Å². The maximum Gasteiger partial charge on any atom is 0.0991 e. The second kappa shape index (κ2) is 8.57. The number of hydrogen-bond acceptors (Lipinski definition) is 1. The van der Waals surface area contributed by atoms with E-state index in [2.05, 4.69) is 38.4 Å². The number of nitrogens with zero attached hydrogens (tertiary/aromatic N) is 2. The van der Waals surface area contributed by atoms with E-state index in [9.17, 15) is 0 Å². The van der Waals surface area contributed by atoms with Gasteiger partial charge in [-0.15, -0.1) is 0 Å². The summed E-state index contributed by atoms with van der Waals surface area (Å²) in [6.07, 6.45) is 11.5. The van der Waals surface area contributed by atoms with Crippen molar-refractivity contribution in [2.45, 2.75) is 34.6 Å². The summed E-state index contributed by atoms with van der Waals surface area (Å²) in [6, 6.07) is 0. The number of allylic oxidation sites excluding steroid dienone is 5. The van der Waals surface area contributed by atoms with Gasteiger partial charge in [0, 0.05) is 18.1 Å². The summed E-state index contributed by atoms with van der Waals surface area (Å²) in [6.45, 7) is 14.2. The molecule has 1 aromatic rings. The zero-order valence-corrected chi connectivity index (χ0v) is 11.6. The normalized spacial score (nSPS) is 12.1. The highest BCUT2D eigenvalue weighted by atomic mass is 15.0. The van der Waals surface area contributed by atoms with E-state index in [4.69, 9.17) is 0 Å². The Morgan fingerprint density at radius 2 is 2.00 bits per heavy atom. The molecule has 1 heterocycles. The van der Waals surface area contributed by atoms with Gasteiger partial charge in [0.1, 0.15) is 0 Å². The minimum atomic E-state index is 0.489. The standard InChI is InChI=1S/C13H18N2.C2H6/c1-5-7-13(12(6-2)11(3)4)15-9-8-14-10-15;1-2/h5-11H,1H2,2-4H3;1-2H3/b12-6-,13-7+;. The Hall–Kier alpha value is -1.57. The van der Waals surface area contributed by atoms with Crippen LogP contribution in [0.4, 0.5) is 0 Å². The largest absolute Gasteiger partial charge is 0.306 e. The van der Waals surface area contributed by atoms with Gasteiger partial charge in [-0.1, -0.05) is 46.4 Å². The van der Waals surface area contributed by atoms with E-state index >= 15 is 0 Å². The fourth-order valence-corrected chi connectivity index (χ4v) is 1.62. The summed E-state index contributed by atoms with van der Waals surface area (Å²) >= 11 is 0. The molecule has 2 nitrogen and oxygen atoms in total. The molecule has 0 bridgehead atoms. The molecule has 17 heavy (non-hydrogen) atoms. The Labute approximate surface area is 105 Å². The highest BCUT2D eigenvalue weighted by molar-refractivity contribution is 5.66. The van der Waals surface area contributed by atoms with Crippen molar-refractivity contribution in [1.82, 2.24) is 9.55 Å². The number of hydrogen-bond donors (Lipinski definition) is 0. The molecule has 0 saturated heterocycles. The monoisotopic (exact) mass is 232 g/mol. The SMILES string of the molecule is C=C/C=C(\C(=C/C)C(C)C)n1ccnc1.CC. The molecule has 0 N–H and O–H groups in total. The molecule has 0 amide bonds. The lowest BCUT2D eigenvalue weighted by Crippen LogP contribution is -2.03. The molecular formula is C15H24N2. The Morgan fingerprint density at radius 1 is 1.35 bits per heavy atom. The van der Waals surface area contributed by atoms with Crippen molar-refractivity contribution in [1.29, 1.82) is 0 Å². The van der Waals surface area contributed by atoms with E-state index in [1.807, 2.05) is 30.7 Å². The van der Waals surface area contributed by atoms with E-state index in [-0.39, 0.29) is 0 Å². The maximum absolute atomic E-state index is 4.06. The van der Waals surface area contributed by atoms with Crippen molar-refractivity contribution in [3.05, 3.63) is 49.1 Å². The van der Waals surface area contributed by atoms with Gasteiger partial charge in [-0.25, -0.2) is 4.98 Å². The Morgan fingerprint density at radius 3 is 2.35 bits per heavy atom. The van der Waals surface area contributed by atoms with Gasteiger partial charge in [-0.05, 0) is 24.5 Å². The van der Waals surface area contributed by atoms with Crippen molar-refractivity contribution < 1.29 is 0 Å². The fourth-order valence-electron chi connectivity index (χ4n) is 1.62. The summed E-state index contributed by atoms with van der Waals surface area (Å²) in [4.78, 5) is 4.06. The predicted octanol–water partition coefficient (Wildman–Crippen LogP) is 4.54. The van der Waals surface area contributed by atoms with Gasteiger partial charge in [0.05, 0.1) is 6.33 Å². The van der Waals surface area contributed by atoms with E-state index in [0.717, 1.165) is 5.70 Å². The first-order valence-corrected chi connectivity index (χ1v) is 6.18. The van der Waals surface area contributed by atoms with Gasteiger partial charge in [0.25, 0.3) is 0 Å². The van der Waals surface area contributed by atoms with Gasteiger partial charge in [0.15, 0.2) is 0 Å². The van der Waals surface area contributed by atoms with E-state index < -0.39 is 0 Å². The third kappa shape index (κ3) is 4.43. The molecule has 0 atom stereocenters. The lowest BCUT2D eigenvalue weighted by molar-refractivity contribution is 0.781.